The molecular weight excluding hydrogens is 300 g/mol. The molecule has 2 aromatic rings. The third-order valence-corrected chi connectivity index (χ3v) is 4.43. The summed E-state index contributed by atoms with van der Waals surface area (Å²) in [6, 6.07) is 12.2. The number of benzene rings is 1. The first-order valence-corrected chi connectivity index (χ1v) is 8.65. The van der Waals surface area contributed by atoms with Gasteiger partial charge in [-0.1, -0.05) is 49.1 Å². The number of carbonyl (C=O) groups is 1. The molecule has 0 aliphatic heterocycles. The highest BCUT2D eigenvalue weighted by atomic mass is 16.2. The Bertz CT molecular complexity index is 661. The first-order chi connectivity index (χ1) is 11.7. The molecule has 1 aliphatic carbocycles. The monoisotopic (exact) mass is 324 g/mol. The molecule has 1 saturated carbocycles. The summed E-state index contributed by atoms with van der Waals surface area (Å²) in [6.07, 6.45) is 5.79. The van der Waals surface area contributed by atoms with Crippen molar-refractivity contribution in [3.05, 3.63) is 53.2 Å². The zero-order valence-electron chi connectivity index (χ0n) is 14.1. The van der Waals surface area contributed by atoms with Crippen LogP contribution in [0, 0.1) is 6.92 Å². The Balaban J connectivity index is 1.52. The number of nitrogens with one attached hydrogen (secondary N) is 2. The van der Waals surface area contributed by atoms with E-state index in [0.717, 1.165) is 12.8 Å². The Kier molecular flexibility index (Phi) is 5.41. The van der Waals surface area contributed by atoms with Crippen LogP contribution >= 0.6 is 0 Å². The number of anilines is 1. The van der Waals surface area contributed by atoms with Gasteiger partial charge in [-0.15, -0.1) is 10.2 Å². The minimum atomic E-state index is -0.125. The van der Waals surface area contributed by atoms with E-state index in [0.29, 0.717) is 18.1 Å². The van der Waals surface area contributed by atoms with Crippen molar-refractivity contribution in [2.45, 2.75) is 51.6 Å². The van der Waals surface area contributed by atoms with E-state index < -0.39 is 0 Å². The van der Waals surface area contributed by atoms with E-state index >= 15 is 0 Å². The zero-order valence-corrected chi connectivity index (χ0v) is 14.1. The summed E-state index contributed by atoms with van der Waals surface area (Å²) >= 11 is 0. The molecule has 1 amide bonds. The quantitative estimate of drug-likeness (QED) is 0.884. The third-order valence-electron chi connectivity index (χ3n) is 4.43. The van der Waals surface area contributed by atoms with Crippen LogP contribution in [0.25, 0.3) is 0 Å². The molecule has 0 bridgehead atoms. The lowest BCUT2D eigenvalue weighted by molar-refractivity contribution is 0.0921. The molecule has 1 fully saturated rings. The Hall–Kier alpha value is -2.43. The normalized spacial score (nSPS) is 15.0. The molecule has 24 heavy (non-hydrogen) atoms. The molecule has 3 rings (SSSR count). The van der Waals surface area contributed by atoms with Crippen molar-refractivity contribution in [2.75, 3.05) is 5.32 Å². The lowest BCUT2D eigenvalue weighted by atomic mass is 9.95. The van der Waals surface area contributed by atoms with Crippen LogP contribution < -0.4 is 10.6 Å². The van der Waals surface area contributed by atoms with Crippen LogP contribution in [0.3, 0.4) is 0 Å². The fourth-order valence-electron chi connectivity index (χ4n) is 2.95. The number of aromatic nitrogens is 2. The zero-order chi connectivity index (χ0) is 16.8. The maximum atomic E-state index is 12.2. The topological polar surface area (TPSA) is 66.9 Å². The van der Waals surface area contributed by atoms with Gasteiger partial charge in [0.15, 0.2) is 5.69 Å². The molecule has 0 saturated heterocycles. The van der Waals surface area contributed by atoms with Crippen LogP contribution in [0.1, 0.15) is 53.7 Å². The fourth-order valence-corrected chi connectivity index (χ4v) is 2.95. The third kappa shape index (κ3) is 4.54. The van der Waals surface area contributed by atoms with Crippen molar-refractivity contribution in [2.24, 2.45) is 0 Å². The molecule has 1 aliphatic rings. The second kappa shape index (κ2) is 7.90. The maximum absolute atomic E-state index is 12.2. The van der Waals surface area contributed by atoms with Gasteiger partial charge in [-0.05, 0) is 37.5 Å². The molecule has 5 nitrogen and oxygen atoms in total. The molecule has 0 unspecified atom stereocenters. The standard InChI is InChI=1S/C19H24N4O/c1-14-7-9-15(10-8-14)13-20-18-12-11-17(22-23-18)19(24)21-16-5-3-2-4-6-16/h7-12,16H,2-6,13H2,1H3,(H,20,23)(H,21,24). The van der Waals surface area contributed by atoms with Crippen LogP contribution in [-0.2, 0) is 6.54 Å². The van der Waals surface area contributed by atoms with E-state index in [9.17, 15) is 4.79 Å². The SMILES string of the molecule is Cc1ccc(CNc2ccc(C(=O)NC3CCCCC3)nn2)cc1. The van der Waals surface area contributed by atoms with Crippen molar-refractivity contribution in [3.63, 3.8) is 0 Å². The lowest BCUT2D eigenvalue weighted by Gasteiger charge is -2.22. The van der Waals surface area contributed by atoms with Crippen molar-refractivity contribution in [3.8, 4) is 0 Å². The number of hydrogen-bond acceptors (Lipinski definition) is 4. The second-order valence-electron chi connectivity index (χ2n) is 6.45. The molecular formula is C19H24N4O. The van der Waals surface area contributed by atoms with E-state index in [-0.39, 0.29) is 11.9 Å². The predicted octanol–water partition coefficient (Wildman–Crippen LogP) is 3.46. The Labute approximate surface area is 142 Å². The van der Waals surface area contributed by atoms with Gasteiger partial charge in [0.05, 0.1) is 0 Å². The average Bonchev–Trinajstić information content (AvgIpc) is 2.62. The molecule has 1 heterocycles. The molecule has 0 radical (unpaired) electrons. The average molecular weight is 324 g/mol. The molecule has 1 aromatic carbocycles. The highest BCUT2D eigenvalue weighted by molar-refractivity contribution is 5.92. The highest BCUT2D eigenvalue weighted by Crippen LogP contribution is 2.17. The smallest absolute Gasteiger partial charge is 0.272 e. The Morgan fingerprint density at radius 1 is 1.04 bits per heavy atom. The number of carbonyl (C=O) groups excluding carboxylic acids is 1. The van der Waals surface area contributed by atoms with Crippen LogP contribution in [0.4, 0.5) is 5.82 Å². The number of aryl methyl sites for hydroxylation is 1. The number of amides is 1. The first-order valence-electron chi connectivity index (χ1n) is 8.65. The first kappa shape index (κ1) is 16.4. The van der Waals surface area contributed by atoms with E-state index in [2.05, 4.69) is 52.0 Å². The van der Waals surface area contributed by atoms with Gasteiger partial charge in [0.2, 0.25) is 0 Å². The van der Waals surface area contributed by atoms with Gasteiger partial charge >= 0.3 is 0 Å². The summed E-state index contributed by atoms with van der Waals surface area (Å²) in [4.78, 5) is 12.2. The lowest BCUT2D eigenvalue weighted by Crippen LogP contribution is -2.36. The summed E-state index contributed by atoms with van der Waals surface area (Å²) in [5, 5.41) is 14.4. The van der Waals surface area contributed by atoms with Crippen LogP contribution in [0.5, 0.6) is 0 Å². The van der Waals surface area contributed by atoms with Crippen molar-refractivity contribution >= 4 is 11.7 Å². The number of nitrogens with zero attached hydrogens (tertiary/aromatic N) is 2. The van der Waals surface area contributed by atoms with Crippen LogP contribution in [0.2, 0.25) is 0 Å². The molecule has 2 N–H and O–H groups in total. The van der Waals surface area contributed by atoms with Gasteiger partial charge in [-0.3, -0.25) is 4.79 Å². The molecule has 1 aromatic heterocycles. The van der Waals surface area contributed by atoms with E-state index in [4.69, 9.17) is 0 Å². The summed E-state index contributed by atoms with van der Waals surface area (Å²) in [6.45, 7) is 2.75. The van der Waals surface area contributed by atoms with Gasteiger partial charge in [0.1, 0.15) is 5.82 Å². The van der Waals surface area contributed by atoms with E-state index in [1.54, 1.807) is 12.1 Å². The molecule has 5 heteroatoms. The highest BCUT2D eigenvalue weighted by Gasteiger charge is 2.17. The predicted molar refractivity (Wildman–Crippen MR) is 94.9 cm³/mol. The second-order valence-corrected chi connectivity index (χ2v) is 6.45. The van der Waals surface area contributed by atoms with Gasteiger partial charge in [0.25, 0.3) is 5.91 Å². The van der Waals surface area contributed by atoms with Gasteiger partial charge in [0, 0.05) is 12.6 Å². The summed E-state index contributed by atoms with van der Waals surface area (Å²) in [5.74, 6) is 0.546. The Morgan fingerprint density at radius 3 is 2.46 bits per heavy atom. The summed E-state index contributed by atoms with van der Waals surface area (Å²) < 4.78 is 0. The van der Waals surface area contributed by atoms with E-state index in [1.165, 1.54) is 30.4 Å². The van der Waals surface area contributed by atoms with Crippen molar-refractivity contribution in [1.82, 2.24) is 15.5 Å². The maximum Gasteiger partial charge on any atom is 0.272 e. The van der Waals surface area contributed by atoms with Crippen molar-refractivity contribution < 1.29 is 4.79 Å². The summed E-state index contributed by atoms with van der Waals surface area (Å²) in [7, 11) is 0. The van der Waals surface area contributed by atoms with Crippen LogP contribution in [-0.4, -0.2) is 22.1 Å². The fraction of sp³-hybridized carbons (Fsp3) is 0.421. The van der Waals surface area contributed by atoms with Crippen LogP contribution in [0.15, 0.2) is 36.4 Å². The van der Waals surface area contributed by atoms with Gasteiger partial charge in [-0.25, -0.2) is 0 Å². The Morgan fingerprint density at radius 2 is 1.79 bits per heavy atom. The van der Waals surface area contributed by atoms with Crippen molar-refractivity contribution in [1.29, 1.82) is 0 Å². The molecule has 0 atom stereocenters. The van der Waals surface area contributed by atoms with E-state index in [1.807, 2.05) is 0 Å². The van der Waals surface area contributed by atoms with Gasteiger partial charge in [-0.2, -0.15) is 0 Å². The molecule has 0 spiro atoms. The number of hydrogen-bond donors (Lipinski definition) is 2. The number of rotatable bonds is 5. The minimum absolute atomic E-state index is 0.125. The summed E-state index contributed by atoms with van der Waals surface area (Å²) in [5.41, 5.74) is 2.80. The van der Waals surface area contributed by atoms with Gasteiger partial charge < -0.3 is 10.6 Å². The molecule has 126 valence electrons. The largest absolute Gasteiger partial charge is 0.365 e. The minimum Gasteiger partial charge on any atom is -0.365 e.